The third-order valence-corrected chi connectivity index (χ3v) is 4.01. The number of hydrogen-bond acceptors (Lipinski definition) is 5. The number of nitrogens with zero attached hydrogens (tertiary/aromatic N) is 2. The minimum absolute atomic E-state index is 0.0619. The van der Waals surface area contributed by atoms with Gasteiger partial charge in [-0.3, -0.25) is 4.79 Å². The molecule has 0 saturated heterocycles. The third-order valence-electron chi connectivity index (χ3n) is 3.22. The van der Waals surface area contributed by atoms with Gasteiger partial charge in [-0.15, -0.1) is 11.3 Å². The molecule has 3 rings (SSSR count). The Hall–Kier alpha value is -3.39. The lowest BCUT2D eigenvalue weighted by Crippen LogP contribution is -2.21. The maximum absolute atomic E-state index is 12.1. The maximum atomic E-state index is 12.1. The molecule has 3 aromatic rings. The fraction of sp³-hybridized carbons (Fsp3) is 0.0556. The van der Waals surface area contributed by atoms with Crippen molar-refractivity contribution in [3.05, 3.63) is 65.7 Å². The van der Waals surface area contributed by atoms with Crippen molar-refractivity contribution in [3.8, 4) is 11.5 Å². The number of carbonyl (C=O) groups is 1. The second-order valence-corrected chi connectivity index (χ2v) is 6.16. The molecule has 2 aromatic carbocycles. The number of para-hydroxylation sites is 1. The first-order valence-corrected chi connectivity index (χ1v) is 8.63. The van der Waals surface area contributed by atoms with Crippen LogP contribution in [0.25, 0.3) is 0 Å². The number of ether oxygens (including phenoxy) is 1. The first-order valence-electron chi connectivity index (χ1n) is 7.75. The predicted molar refractivity (Wildman–Crippen MR) is 103 cm³/mol. The van der Waals surface area contributed by atoms with E-state index in [0.717, 1.165) is 5.75 Å². The number of aromatic nitrogens is 1. The van der Waals surface area contributed by atoms with Gasteiger partial charge in [-0.05, 0) is 36.4 Å². The van der Waals surface area contributed by atoms with E-state index in [1.165, 1.54) is 11.3 Å². The molecular weight excluding hydrogens is 350 g/mol. The molecule has 1 amide bonds. The number of rotatable bonds is 6. The van der Waals surface area contributed by atoms with E-state index in [9.17, 15) is 4.79 Å². The van der Waals surface area contributed by atoms with Gasteiger partial charge in [0.1, 0.15) is 11.5 Å². The Labute approximate surface area is 154 Å². The number of nitrogens with one attached hydrogen (secondary N) is 1. The number of nitrogens with two attached hydrogens (primary N) is 2. The van der Waals surface area contributed by atoms with Crippen molar-refractivity contribution >= 4 is 34.0 Å². The van der Waals surface area contributed by atoms with Crippen LogP contribution in [0.5, 0.6) is 11.5 Å². The van der Waals surface area contributed by atoms with Crippen LogP contribution in [0.1, 0.15) is 5.69 Å². The molecule has 8 heteroatoms. The standard InChI is InChI=1S/C18H17N5O2S/c19-17(20)23-18-22-13(11-26-18)10-16(24)21-12-6-8-15(9-7-12)25-14-4-2-1-3-5-14/h1-9,11H,10H2,(H,21,24)(H4,19,20,22,23). The molecule has 0 aliphatic carbocycles. The van der Waals surface area contributed by atoms with Crippen molar-refractivity contribution in [2.45, 2.75) is 6.42 Å². The van der Waals surface area contributed by atoms with E-state index in [1.807, 2.05) is 30.3 Å². The average Bonchev–Trinajstić information content (AvgIpc) is 3.03. The molecule has 0 atom stereocenters. The maximum Gasteiger partial charge on any atom is 0.230 e. The van der Waals surface area contributed by atoms with Gasteiger partial charge < -0.3 is 21.5 Å². The summed E-state index contributed by atoms with van der Waals surface area (Å²) in [6, 6.07) is 16.6. The van der Waals surface area contributed by atoms with Gasteiger partial charge in [-0.2, -0.15) is 4.99 Å². The molecule has 5 N–H and O–H groups in total. The molecule has 0 radical (unpaired) electrons. The van der Waals surface area contributed by atoms with Gasteiger partial charge >= 0.3 is 0 Å². The molecule has 0 spiro atoms. The minimum Gasteiger partial charge on any atom is -0.457 e. The zero-order valence-corrected chi connectivity index (χ0v) is 14.6. The van der Waals surface area contributed by atoms with Gasteiger partial charge in [-0.1, -0.05) is 18.2 Å². The lowest BCUT2D eigenvalue weighted by atomic mass is 10.2. The summed E-state index contributed by atoms with van der Waals surface area (Å²) in [5, 5.41) is 4.99. The lowest BCUT2D eigenvalue weighted by Gasteiger charge is -2.07. The van der Waals surface area contributed by atoms with E-state index >= 15 is 0 Å². The SMILES string of the molecule is NC(N)=Nc1nc(CC(=O)Nc2ccc(Oc3ccccc3)cc2)cs1. The number of thiazole rings is 1. The van der Waals surface area contributed by atoms with Crippen LogP contribution in [0.15, 0.2) is 65.0 Å². The summed E-state index contributed by atoms with van der Waals surface area (Å²) < 4.78 is 5.71. The Kier molecular flexibility index (Phi) is 5.45. The Balaban J connectivity index is 1.56. The van der Waals surface area contributed by atoms with Crippen molar-refractivity contribution < 1.29 is 9.53 Å². The van der Waals surface area contributed by atoms with Crippen molar-refractivity contribution in [3.63, 3.8) is 0 Å². The minimum atomic E-state index is -0.178. The second kappa shape index (κ2) is 8.13. The van der Waals surface area contributed by atoms with E-state index in [2.05, 4.69) is 15.3 Å². The molecule has 7 nitrogen and oxygen atoms in total. The summed E-state index contributed by atoms with van der Waals surface area (Å²) in [7, 11) is 0. The van der Waals surface area contributed by atoms with Gasteiger partial charge in [0.15, 0.2) is 5.96 Å². The predicted octanol–water partition coefficient (Wildman–Crippen LogP) is 3.02. The number of amides is 1. The summed E-state index contributed by atoms with van der Waals surface area (Å²) in [4.78, 5) is 20.2. The highest BCUT2D eigenvalue weighted by Crippen LogP contribution is 2.23. The van der Waals surface area contributed by atoms with E-state index in [4.69, 9.17) is 16.2 Å². The average molecular weight is 367 g/mol. The highest BCUT2D eigenvalue weighted by molar-refractivity contribution is 7.13. The largest absolute Gasteiger partial charge is 0.457 e. The van der Waals surface area contributed by atoms with E-state index in [1.54, 1.807) is 29.6 Å². The molecular formula is C18H17N5O2S. The summed E-state index contributed by atoms with van der Waals surface area (Å²) in [5.41, 5.74) is 11.9. The molecule has 0 bridgehead atoms. The molecule has 26 heavy (non-hydrogen) atoms. The smallest absolute Gasteiger partial charge is 0.230 e. The summed E-state index contributed by atoms with van der Waals surface area (Å²) in [5.74, 6) is 1.21. The molecule has 0 fully saturated rings. The fourth-order valence-corrected chi connectivity index (χ4v) is 2.85. The lowest BCUT2D eigenvalue weighted by molar-refractivity contribution is -0.115. The zero-order valence-electron chi connectivity index (χ0n) is 13.8. The first-order chi connectivity index (χ1) is 12.6. The Morgan fingerprint density at radius 2 is 1.77 bits per heavy atom. The number of hydrogen-bond donors (Lipinski definition) is 3. The van der Waals surface area contributed by atoms with Crippen molar-refractivity contribution in [1.29, 1.82) is 0 Å². The third kappa shape index (κ3) is 5.05. The van der Waals surface area contributed by atoms with Gasteiger partial charge in [-0.25, -0.2) is 4.98 Å². The van der Waals surface area contributed by atoms with E-state index in [0.29, 0.717) is 22.3 Å². The van der Waals surface area contributed by atoms with Crippen molar-refractivity contribution in [2.75, 3.05) is 5.32 Å². The van der Waals surface area contributed by atoms with Gasteiger partial charge in [0, 0.05) is 11.1 Å². The van der Waals surface area contributed by atoms with Crippen molar-refractivity contribution in [1.82, 2.24) is 4.98 Å². The molecule has 1 heterocycles. The fourth-order valence-electron chi connectivity index (χ4n) is 2.14. The zero-order chi connectivity index (χ0) is 18.4. The normalized spacial score (nSPS) is 10.2. The Bertz CT molecular complexity index is 903. The first kappa shape index (κ1) is 17.4. The second-order valence-electron chi connectivity index (χ2n) is 5.32. The molecule has 132 valence electrons. The molecule has 0 unspecified atom stereocenters. The monoisotopic (exact) mass is 367 g/mol. The summed E-state index contributed by atoms with van der Waals surface area (Å²) in [6.07, 6.45) is 0.138. The number of aliphatic imine (C=N–C) groups is 1. The number of benzene rings is 2. The summed E-state index contributed by atoms with van der Waals surface area (Å²) in [6.45, 7) is 0. The Morgan fingerprint density at radius 1 is 1.08 bits per heavy atom. The molecule has 0 aliphatic rings. The van der Waals surface area contributed by atoms with E-state index < -0.39 is 0 Å². The van der Waals surface area contributed by atoms with Crippen LogP contribution in [0.2, 0.25) is 0 Å². The van der Waals surface area contributed by atoms with Crippen LogP contribution < -0.4 is 21.5 Å². The summed E-state index contributed by atoms with van der Waals surface area (Å²) >= 11 is 1.27. The molecule has 0 aliphatic heterocycles. The van der Waals surface area contributed by atoms with Gasteiger partial charge in [0.25, 0.3) is 0 Å². The highest BCUT2D eigenvalue weighted by atomic mass is 32.1. The highest BCUT2D eigenvalue weighted by Gasteiger charge is 2.08. The van der Waals surface area contributed by atoms with Crippen LogP contribution in [0, 0.1) is 0 Å². The van der Waals surface area contributed by atoms with Gasteiger partial charge in [0.05, 0.1) is 12.1 Å². The molecule has 1 aromatic heterocycles. The number of anilines is 1. The van der Waals surface area contributed by atoms with Gasteiger partial charge in [0.2, 0.25) is 11.0 Å². The Morgan fingerprint density at radius 3 is 2.46 bits per heavy atom. The van der Waals surface area contributed by atoms with Crippen LogP contribution in [-0.4, -0.2) is 16.9 Å². The van der Waals surface area contributed by atoms with Crippen LogP contribution in [-0.2, 0) is 11.2 Å². The van der Waals surface area contributed by atoms with Crippen LogP contribution in [0.4, 0.5) is 10.8 Å². The van der Waals surface area contributed by atoms with Crippen molar-refractivity contribution in [2.24, 2.45) is 16.5 Å². The number of guanidine groups is 1. The van der Waals surface area contributed by atoms with Crippen LogP contribution in [0.3, 0.4) is 0 Å². The van der Waals surface area contributed by atoms with Crippen LogP contribution >= 0.6 is 11.3 Å². The van der Waals surface area contributed by atoms with E-state index in [-0.39, 0.29) is 18.3 Å². The molecule has 0 saturated carbocycles. The quantitative estimate of drug-likeness (QED) is 0.457. The topological polar surface area (TPSA) is 116 Å². The number of carbonyl (C=O) groups excluding carboxylic acids is 1.